The minimum absolute atomic E-state index is 0. The summed E-state index contributed by atoms with van der Waals surface area (Å²) in [6.45, 7) is 3.10. The second-order valence-electron chi connectivity index (χ2n) is 1.39. The molecule has 8 heavy (non-hydrogen) atoms. The van der Waals surface area contributed by atoms with Crippen molar-refractivity contribution in [2.45, 2.75) is 13.5 Å². The van der Waals surface area contributed by atoms with Crippen molar-refractivity contribution in [3.05, 3.63) is 18.7 Å². The zero-order valence-corrected chi connectivity index (χ0v) is 5.58. The van der Waals surface area contributed by atoms with Gasteiger partial charge in [-0.05, 0) is 6.92 Å². The van der Waals surface area contributed by atoms with Crippen molar-refractivity contribution >= 4 is 0 Å². The predicted octanol–water partition coefficient (Wildman–Crippen LogP) is 0.900. The smallest absolute Gasteiger partial charge is 0.0945 e. The number of aryl methyl sites for hydroxylation is 1. The number of aromatic nitrogens is 2. The van der Waals surface area contributed by atoms with Crippen LogP contribution in [-0.2, 0) is 23.6 Å². The largest absolute Gasteiger partial charge is 0.338 e. The maximum Gasteiger partial charge on any atom is 0.0945 e. The van der Waals surface area contributed by atoms with Crippen LogP contribution in [-0.4, -0.2) is 9.55 Å². The molecular formula is C5H8CuN2. The van der Waals surface area contributed by atoms with Crippen molar-refractivity contribution in [3.8, 4) is 0 Å². The Kier molecular flexibility index (Phi) is 3.57. The van der Waals surface area contributed by atoms with Crippen LogP contribution in [0.25, 0.3) is 0 Å². The number of hydrogen-bond donors (Lipinski definition) is 0. The van der Waals surface area contributed by atoms with Gasteiger partial charge in [0.05, 0.1) is 6.33 Å². The fourth-order valence-electron chi connectivity index (χ4n) is 0.474. The van der Waals surface area contributed by atoms with Crippen LogP contribution in [0.2, 0.25) is 0 Å². The van der Waals surface area contributed by atoms with Gasteiger partial charge in [0.1, 0.15) is 0 Å². The fraction of sp³-hybridized carbons (Fsp3) is 0.400. The van der Waals surface area contributed by atoms with Gasteiger partial charge in [-0.15, -0.1) is 0 Å². The van der Waals surface area contributed by atoms with Crippen LogP contribution >= 0.6 is 0 Å². The van der Waals surface area contributed by atoms with Gasteiger partial charge in [-0.1, -0.05) is 0 Å². The van der Waals surface area contributed by atoms with Crippen molar-refractivity contribution in [1.82, 2.24) is 9.55 Å². The molecule has 0 aliphatic heterocycles. The average Bonchev–Trinajstić information content (AvgIpc) is 2.14. The van der Waals surface area contributed by atoms with E-state index in [-0.39, 0.29) is 17.1 Å². The molecule has 0 aliphatic carbocycles. The van der Waals surface area contributed by atoms with Crippen LogP contribution in [0, 0.1) is 0 Å². The van der Waals surface area contributed by atoms with Crippen molar-refractivity contribution in [1.29, 1.82) is 0 Å². The summed E-state index contributed by atoms with van der Waals surface area (Å²) in [5.41, 5.74) is 0. The quantitative estimate of drug-likeness (QED) is 0.557. The van der Waals surface area contributed by atoms with E-state index in [1.54, 1.807) is 12.5 Å². The van der Waals surface area contributed by atoms with E-state index in [9.17, 15) is 0 Å². The topological polar surface area (TPSA) is 17.8 Å². The normalized spacial score (nSPS) is 8.12. The number of hydrogen-bond acceptors (Lipinski definition) is 1. The van der Waals surface area contributed by atoms with E-state index in [0.717, 1.165) is 6.54 Å². The van der Waals surface area contributed by atoms with Crippen LogP contribution < -0.4 is 0 Å². The van der Waals surface area contributed by atoms with E-state index in [1.165, 1.54) is 0 Å². The van der Waals surface area contributed by atoms with E-state index in [0.29, 0.717) is 0 Å². The van der Waals surface area contributed by atoms with Gasteiger partial charge in [-0.3, -0.25) is 0 Å². The Morgan fingerprint density at radius 2 is 2.38 bits per heavy atom. The van der Waals surface area contributed by atoms with Crippen LogP contribution in [0.3, 0.4) is 0 Å². The Morgan fingerprint density at radius 1 is 1.62 bits per heavy atom. The first-order valence-electron chi connectivity index (χ1n) is 2.39. The molecule has 0 N–H and O–H groups in total. The third-order valence-corrected chi connectivity index (χ3v) is 0.924. The van der Waals surface area contributed by atoms with Crippen molar-refractivity contribution in [2.75, 3.05) is 0 Å². The summed E-state index contributed by atoms with van der Waals surface area (Å²) in [4.78, 5) is 3.86. The molecule has 0 amide bonds. The molecule has 1 heterocycles. The molecule has 0 unspecified atom stereocenters. The first kappa shape index (κ1) is 7.73. The Bertz CT molecular complexity index is 125. The summed E-state index contributed by atoms with van der Waals surface area (Å²) in [5, 5.41) is 0. The Balaban J connectivity index is 0.000000490. The molecular weight excluding hydrogens is 152 g/mol. The van der Waals surface area contributed by atoms with Crippen molar-refractivity contribution in [3.63, 3.8) is 0 Å². The molecule has 0 atom stereocenters. The average molecular weight is 160 g/mol. The van der Waals surface area contributed by atoms with Crippen molar-refractivity contribution in [2.24, 2.45) is 0 Å². The minimum Gasteiger partial charge on any atom is -0.338 e. The molecule has 2 nitrogen and oxygen atoms in total. The zero-order chi connectivity index (χ0) is 5.11. The first-order chi connectivity index (χ1) is 3.43. The van der Waals surface area contributed by atoms with E-state index in [4.69, 9.17) is 0 Å². The second kappa shape index (κ2) is 3.70. The van der Waals surface area contributed by atoms with Gasteiger partial charge in [0.15, 0.2) is 0 Å². The molecule has 0 bridgehead atoms. The molecule has 0 saturated heterocycles. The molecule has 0 aliphatic rings. The standard InChI is InChI=1S/C5H8N2.Cu/c1-2-7-4-3-6-5-7;/h3-5H,2H2,1H3;. The summed E-state index contributed by atoms with van der Waals surface area (Å²) in [6, 6.07) is 0. The van der Waals surface area contributed by atoms with Gasteiger partial charge in [-0.25, -0.2) is 4.98 Å². The van der Waals surface area contributed by atoms with Crippen LogP contribution in [0.1, 0.15) is 6.92 Å². The number of nitrogens with zero attached hydrogens (tertiary/aromatic N) is 2. The molecule has 0 fully saturated rings. The van der Waals surface area contributed by atoms with E-state index < -0.39 is 0 Å². The third-order valence-electron chi connectivity index (χ3n) is 0.924. The monoisotopic (exact) mass is 159 g/mol. The molecule has 1 aromatic rings. The van der Waals surface area contributed by atoms with Crippen LogP contribution in [0.15, 0.2) is 18.7 Å². The van der Waals surface area contributed by atoms with E-state index in [2.05, 4.69) is 11.9 Å². The van der Waals surface area contributed by atoms with Gasteiger partial charge in [0.25, 0.3) is 0 Å². The van der Waals surface area contributed by atoms with Crippen molar-refractivity contribution < 1.29 is 17.1 Å². The maximum atomic E-state index is 3.86. The van der Waals surface area contributed by atoms with Gasteiger partial charge in [0, 0.05) is 36.0 Å². The maximum absolute atomic E-state index is 3.86. The summed E-state index contributed by atoms with van der Waals surface area (Å²) >= 11 is 0. The first-order valence-corrected chi connectivity index (χ1v) is 2.39. The molecule has 1 rings (SSSR count). The van der Waals surface area contributed by atoms with Gasteiger partial charge in [-0.2, -0.15) is 0 Å². The molecule has 1 radical (unpaired) electrons. The Labute approximate surface area is 59.4 Å². The summed E-state index contributed by atoms with van der Waals surface area (Å²) < 4.78 is 2.01. The number of imidazole rings is 1. The molecule has 0 saturated carbocycles. The van der Waals surface area contributed by atoms with Gasteiger partial charge in [0.2, 0.25) is 0 Å². The number of rotatable bonds is 1. The minimum atomic E-state index is 0. The molecule has 3 heteroatoms. The Hall–Kier alpha value is -0.271. The Morgan fingerprint density at radius 3 is 2.62 bits per heavy atom. The molecule has 0 aromatic carbocycles. The zero-order valence-electron chi connectivity index (χ0n) is 4.64. The summed E-state index contributed by atoms with van der Waals surface area (Å²) in [7, 11) is 0. The molecule has 1 aromatic heterocycles. The summed E-state index contributed by atoms with van der Waals surface area (Å²) in [5.74, 6) is 0. The van der Waals surface area contributed by atoms with E-state index in [1.807, 2.05) is 10.8 Å². The SMILES string of the molecule is CCn1ccnc1.[Cu]. The predicted molar refractivity (Wildman–Crippen MR) is 27.9 cm³/mol. The van der Waals surface area contributed by atoms with Crippen LogP contribution in [0.5, 0.6) is 0 Å². The molecule has 0 spiro atoms. The van der Waals surface area contributed by atoms with Gasteiger partial charge < -0.3 is 4.57 Å². The molecule has 49 valence electrons. The van der Waals surface area contributed by atoms with Gasteiger partial charge >= 0.3 is 0 Å². The van der Waals surface area contributed by atoms with Crippen LogP contribution in [0.4, 0.5) is 0 Å². The fourth-order valence-corrected chi connectivity index (χ4v) is 0.474. The van der Waals surface area contributed by atoms with E-state index >= 15 is 0 Å². The summed E-state index contributed by atoms with van der Waals surface area (Å²) in [6.07, 6.45) is 5.53. The second-order valence-corrected chi connectivity index (χ2v) is 1.39. The third kappa shape index (κ3) is 1.68.